The maximum absolute atomic E-state index is 13.9. The van der Waals surface area contributed by atoms with Gasteiger partial charge in [-0.3, -0.25) is 4.68 Å². The molecule has 0 aliphatic heterocycles. The summed E-state index contributed by atoms with van der Waals surface area (Å²) < 4.78 is 15.1. The number of benzene rings is 1. The second-order valence-electron chi connectivity index (χ2n) is 3.60. The number of aromatic carboxylic acids is 1. The van der Waals surface area contributed by atoms with Gasteiger partial charge in [-0.1, -0.05) is 0 Å². The molecule has 0 aliphatic rings. The number of hydrogen-bond acceptors (Lipinski definition) is 3. The lowest BCUT2D eigenvalue weighted by molar-refractivity contribution is 0.0689. The van der Waals surface area contributed by atoms with Crippen LogP contribution in [-0.2, 0) is 7.05 Å². The fourth-order valence-corrected chi connectivity index (χ4v) is 1.91. The van der Waals surface area contributed by atoms with Crippen LogP contribution >= 0.6 is 15.9 Å². The third-order valence-corrected chi connectivity index (χ3v) is 3.19. The molecule has 2 rings (SSSR count). The van der Waals surface area contributed by atoms with E-state index in [1.165, 1.54) is 29.9 Å². The maximum atomic E-state index is 13.9. The zero-order chi connectivity index (χ0) is 13.4. The maximum Gasteiger partial charge on any atom is 0.356 e. The molecule has 0 fully saturated rings. The summed E-state index contributed by atoms with van der Waals surface area (Å²) in [6.07, 6.45) is 0. The Kier molecular flexibility index (Phi) is 3.08. The topological polar surface area (TPSA) is 75.4 Å². The summed E-state index contributed by atoms with van der Waals surface area (Å²) in [5.41, 5.74) is 0.295. The van der Waals surface area contributed by atoms with Gasteiger partial charge in [0.25, 0.3) is 0 Å². The van der Waals surface area contributed by atoms with E-state index in [9.17, 15) is 14.3 Å². The normalized spacial score (nSPS) is 10.6. The number of halogens is 2. The van der Waals surface area contributed by atoms with Gasteiger partial charge in [-0.05, 0) is 34.1 Å². The van der Waals surface area contributed by atoms with E-state index in [4.69, 9.17) is 5.11 Å². The van der Waals surface area contributed by atoms with E-state index in [0.29, 0.717) is 5.69 Å². The number of phenolic OH excluding ortho intramolecular Hbond substituents is 1. The molecule has 0 radical (unpaired) electrons. The van der Waals surface area contributed by atoms with Gasteiger partial charge in [0, 0.05) is 12.6 Å². The van der Waals surface area contributed by atoms with Gasteiger partial charge in [0.15, 0.2) is 11.5 Å². The van der Waals surface area contributed by atoms with Gasteiger partial charge >= 0.3 is 5.97 Å². The minimum absolute atomic E-state index is 0.0712. The molecule has 1 aromatic heterocycles. The highest BCUT2D eigenvalue weighted by Crippen LogP contribution is 2.34. The standard InChI is InChI=1S/C11H8BrFN2O3/c1-15-7(4-6(14-15)11(17)18)5-2-3-8(16)9(12)10(5)13/h2-4,16H,1H3,(H,17,18). The van der Waals surface area contributed by atoms with E-state index in [-0.39, 0.29) is 21.5 Å². The first-order valence-corrected chi connectivity index (χ1v) is 5.65. The quantitative estimate of drug-likeness (QED) is 0.892. The molecule has 0 bridgehead atoms. The van der Waals surface area contributed by atoms with Crippen molar-refractivity contribution in [1.82, 2.24) is 9.78 Å². The van der Waals surface area contributed by atoms with Gasteiger partial charge in [-0.2, -0.15) is 5.10 Å². The second kappa shape index (κ2) is 4.41. The van der Waals surface area contributed by atoms with Crippen molar-refractivity contribution < 1.29 is 19.4 Å². The highest BCUT2D eigenvalue weighted by atomic mass is 79.9. The second-order valence-corrected chi connectivity index (χ2v) is 4.40. The van der Waals surface area contributed by atoms with Crippen LogP contribution in [0.2, 0.25) is 0 Å². The summed E-state index contributed by atoms with van der Waals surface area (Å²) in [4.78, 5) is 10.8. The number of nitrogens with zero attached hydrogens (tertiary/aromatic N) is 2. The molecule has 0 aliphatic carbocycles. The summed E-state index contributed by atoms with van der Waals surface area (Å²) in [5, 5.41) is 21.9. The Labute approximate surface area is 110 Å². The molecule has 1 aromatic carbocycles. The molecule has 0 unspecified atom stereocenters. The Bertz CT molecular complexity index is 639. The zero-order valence-electron chi connectivity index (χ0n) is 9.19. The summed E-state index contributed by atoms with van der Waals surface area (Å²) >= 11 is 2.92. The number of carboxylic acid groups (broad SMARTS) is 1. The number of rotatable bonds is 2. The number of aromatic nitrogens is 2. The van der Waals surface area contributed by atoms with Crippen LogP contribution in [-0.4, -0.2) is 26.0 Å². The fraction of sp³-hybridized carbons (Fsp3) is 0.0909. The minimum Gasteiger partial charge on any atom is -0.507 e. The van der Waals surface area contributed by atoms with Gasteiger partial charge in [0.05, 0.1) is 10.2 Å². The highest BCUT2D eigenvalue weighted by molar-refractivity contribution is 9.10. The van der Waals surface area contributed by atoms with E-state index >= 15 is 0 Å². The van der Waals surface area contributed by atoms with Crippen LogP contribution in [0.3, 0.4) is 0 Å². The molecule has 94 valence electrons. The van der Waals surface area contributed by atoms with Crippen LogP contribution in [0, 0.1) is 5.82 Å². The Morgan fingerprint density at radius 2 is 2.17 bits per heavy atom. The van der Waals surface area contributed by atoms with Gasteiger partial charge in [0.1, 0.15) is 5.75 Å². The lowest BCUT2D eigenvalue weighted by Gasteiger charge is -2.06. The summed E-state index contributed by atoms with van der Waals surface area (Å²) in [7, 11) is 1.52. The first-order valence-electron chi connectivity index (χ1n) is 4.86. The highest BCUT2D eigenvalue weighted by Gasteiger charge is 2.18. The number of carboxylic acids is 1. The Balaban J connectivity index is 2.62. The van der Waals surface area contributed by atoms with Crippen molar-refractivity contribution in [3.63, 3.8) is 0 Å². The Morgan fingerprint density at radius 3 is 2.72 bits per heavy atom. The third kappa shape index (κ3) is 1.97. The Morgan fingerprint density at radius 1 is 1.50 bits per heavy atom. The van der Waals surface area contributed by atoms with Crippen LogP contribution in [0.25, 0.3) is 11.3 Å². The molecule has 5 nitrogen and oxygen atoms in total. The zero-order valence-corrected chi connectivity index (χ0v) is 10.8. The van der Waals surface area contributed by atoms with E-state index in [2.05, 4.69) is 21.0 Å². The molecule has 2 N–H and O–H groups in total. The summed E-state index contributed by atoms with van der Waals surface area (Å²) in [6, 6.07) is 3.94. The van der Waals surface area contributed by atoms with E-state index in [1.807, 2.05) is 0 Å². The number of carbonyl (C=O) groups is 1. The predicted molar refractivity (Wildman–Crippen MR) is 64.9 cm³/mol. The fourth-order valence-electron chi connectivity index (χ4n) is 1.56. The molecule has 0 saturated carbocycles. The third-order valence-electron chi connectivity index (χ3n) is 2.44. The summed E-state index contributed by atoms with van der Waals surface area (Å²) in [6.45, 7) is 0. The minimum atomic E-state index is -1.19. The largest absolute Gasteiger partial charge is 0.507 e. The molecule has 7 heteroatoms. The predicted octanol–water partition coefficient (Wildman–Crippen LogP) is 2.39. The van der Waals surface area contributed by atoms with Crippen molar-refractivity contribution >= 4 is 21.9 Å². The first kappa shape index (κ1) is 12.6. The smallest absolute Gasteiger partial charge is 0.356 e. The number of aryl methyl sites for hydroxylation is 1. The molecular weight excluding hydrogens is 307 g/mol. The Hall–Kier alpha value is -1.89. The molecule has 2 aromatic rings. The first-order chi connectivity index (χ1) is 8.41. The van der Waals surface area contributed by atoms with Crippen molar-refractivity contribution in [2.24, 2.45) is 7.05 Å². The number of aromatic hydroxyl groups is 1. The lowest BCUT2D eigenvalue weighted by atomic mass is 10.1. The monoisotopic (exact) mass is 314 g/mol. The van der Waals surface area contributed by atoms with E-state index in [1.54, 1.807) is 0 Å². The van der Waals surface area contributed by atoms with Crippen LogP contribution in [0.5, 0.6) is 5.75 Å². The van der Waals surface area contributed by atoms with Crippen LogP contribution in [0.4, 0.5) is 4.39 Å². The number of phenols is 1. The van der Waals surface area contributed by atoms with Gasteiger partial charge < -0.3 is 10.2 Å². The molecule has 0 spiro atoms. The van der Waals surface area contributed by atoms with Crippen molar-refractivity contribution in [2.45, 2.75) is 0 Å². The average Bonchev–Trinajstić information content (AvgIpc) is 2.69. The molecule has 0 amide bonds. The summed E-state index contributed by atoms with van der Waals surface area (Å²) in [5.74, 6) is -2.08. The number of hydrogen-bond donors (Lipinski definition) is 2. The van der Waals surface area contributed by atoms with Gasteiger partial charge in [-0.15, -0.1) is 0 Å². The van der Waals surface area contributed by atoms with Gasteiger partial charge in [0.2, 0.25) is 0 Å². The molecular formula is C11H8BrFN2O3. The van der Waals surface area contributed by atoms with Crippen LogP contribution < -0.4 is 0 Å². The van der Waals surface area contributed by atoms with E-state index < -0.39 is 11.8 Å². The molecule has 18 heavy (non-hydrogen) atoms. The average molecular weight is 315 g/mol. The lowest BCUT2D eigenvalue weighted by Crippen LogP contribution is -1.99. The van der Waals surface area contributed by atoms with Crippen LogP contribution in [0.15, 0.2) is 22.7 Å². The van der Waals surface area contributed by atoms with Crippen LogP contribution in [0.1, 0.15) is 10.5 Å². The molecule has 0 atom stereocenters. The van der Waals surface area contributed by atoms with Crippen molar-refractivity contribution in [3.8, 4) is 17.0 Å². The van der Waals surface area contributed by atoms with Gasteiger partial charge in [-0.25, -0.2) is 9.18 Å². The van der Waals surface area contributed by atoms with Crippen molar-refractivity contribution in [3.05, 3.63) is 34.2 Å². The van der Waals surface area contributed by atoms with Crippen molar-refractivity contribution in [1.29, 1.82) is 0 Å². The SMILES string of the molecule is Cn1nc(C(=O)O)cc1-c1ccc(O)c(Br)c1F. The molecule has 1 heterocycles. The van der Waals surface area contributed by atoms with Crippen molar-refractivity contribution in [2.75, 3.05) is 0 Å². The molecule has 0 saturated heterocycles. The van der Waals surface area contributed by atoms with E-state index in [0.717, 1.165) is 0 Å².